The van der Waals surface area contributed by atoms with Gasteiger partial charge in [-0.2, -0.15) is 0 Å². The number of aryl methyl sites for hydroxylation is 1. The summed E-state index contributed by atoms with van der Waals surface area (Å²) in [5.41, 5.74) is 1.08. The van der Waals surface area contributed by atoms with Gasteiger partial charge in [-0.25, -0.2) is 0 Å². The van der Waals surface area contributed by atoms with E-state index in [9.17, 15) is 9.59 Å². The van der Waals surface area contributed by atoms with E-state index >= 15 is 0 Å². The van der Waals surface area contributed by atoms with Crippen molar-refractivity contribution < 1.29 is 9.59 Å². The molecule has 0 aliphatic carbocycles. The van der Waals surface area contributed by atoms with Crippen molar-refractivity contribution in [2.24, 2.45) is 5.92 Å². The molecule has 1 aromatic heterocycles. The van der Waals surface area contributed by atoms with Crippen LogP contribution in [0.5, 0.6) is 0 Å². The van der Waals surface area contributed by atoms with E-state index in [1.807, 2.05) is 26.0 Å². The highest BCUT2D eigenvalue weighted by Gasteiger charge is 2.12. The first kappa shape index (κ1) is 12.6. The zero-order valence-electron chi connectivity index (χ0n) is 9.77. The van der Waals surface area contributed by atoms with Gasteiger partial charge in [0.25, 0.3) is 0 Å². The summed E-state index contributed by atoms with van der Waals surface area (Å²) < 4.78 is 0. The Labute approximate surface area is 95.9 Å². The smallest absolute Gasteiger partial charge is 0.142 e. The van der Waals surface area contributed by atoms with Crippen LogP contribution in [0.25, 0.3) is 0 Å². The van der Waals surface area contributed by atoms with Crippen LogP contribution in [0.15, 0.2) is 24.5 Å². The topological polar surface area (TPSA) is 47.0 Å². The Morgan fingerprint density at radius 2 is 1.88 bits per heavy atom. The predicted octanol–water partition coefficient (Wildman–Crippen LogP) is 2.20. The van der Waals surface area contributed by atoms with E-state index in [1.54, 1.807) is 12.4 Å². The van der Waals surface area contributed by atoms with E-state index in [1.165, 1.54) is 0 Å². The Bertz CT molecular complexity index is 357. The molecule has 0 unspecified atom stereocenters. The van der Waals surface area contributed by atoms with Crippen LogP contribution in [-0.2, 0) is 16.0 Å². The van der Waals surface area contributed by atoms with Gasteiger partial charge in [0.05, 0.1) is 6.42 Å². The maximum Gasteiger partial charge on any atom is 0.142 e. The summed E-state index contributed by atoms with van der Waals surface area (Å²) in [6.45, 7) is 3.64. The molecule has 0 atom stereocenters. The zero-order valence-corrected chi connectivity index (χ0v) is 9.77. The van der Waals surface area contributed by atoms with Gasteiger partial charge in [-0.1, -0.05) is 13.8 Å². The van der Waals surface area contributed by atoms with Gasteiger partial charge in [0, 0.05) is 24.7 Å². The molecule has 0 N–H and O–H groups in total. The average molecular weight is 219 g/mol. The first-order valence-electron chi connectivity index (χ1n) is 5.53. The van der Waals surface area contributed by atoms with Crippen LogP contribution >= 0.6 is 0 Å². The van der Waals surface area contributed by atoms with Crippen molar-refractivity contribution in [3.05, 3.63) is 30.1 Å². The van der Waals surface area contributed by atoms with Gasteiger partial charge in [0.1, 0.15) is 11.6 Å². The first-order valence-corrected chi connectivity index (χ1v) is 5.53. The summed E-state index contributed by atoms with van der Waals surface area (Å²) in [4.78, 5) is 26.7. The molecule has 0 bridgehead atoms. The molecule has 0 aliphatic heterocycles. The SMILES string of the molecule is CC(C)C(=O)CC(=O)CCc1ccncc1. The number of hydrogen-bond acceptors (Lipinski definition) is 3. The number of nitrogens with zero attached hydrogens (tertiary/aromatic N) is 1. The number of hydrogen-bond donors (Lipinski definition) is 0. The Balaban J connectivity index is 2.34. The number of ketones is 2. The minimum atomic E-state index is -0.0510. The normalized spacial score (nSPS) is 10.4. The molecule has 3 nitrogen and oxygen atoms in total. The highest BCUT2D eigenvalue weighted by molar-refractivity contribution is 5.99. The second-order valence-electron chi connectivity index (χ2n) is 4.19. The third kappa shape index (κ3) is 4.34. The monoisotopic (exact) mass is 219 g/mol. The lowest BCUT2D eigenvalue weighted by Crippen LogP contribution is -2.13. The summed E-state index contributed by atoms with van der Waals surface area (Å²) in [6, 6.07) is 3.77. The van der Waals surface area contributed by atoms with Crippen molar-refractivity contribution in [1.29, 1.82) is 0 Å². The summed E-state index contributed by atoms with van der Waals surface area (Å²) in [5.74, 6) is 0.000107. The van der Waals surface area contributed by atoms with Gasteiger partial charge in [0.15, 0.2) is 0 Å². The van der Waals surface area contributed by atoms with E-state index in [-0.39, 0.29) is 23.9 Å². The molecular formula is C13H17NO2. The Morgan fingerprint density at radius 3 is 2.44 bits per heavy atom. The van der Waals surface area contributed by atoms with Gasteiger partial charge in [-0.3, -0.25) is 14.6 Å². The van der Waals surface area contributed by atoms with Crippen molar-refractivity contribution in [2.45, 2.75) is 33.1 Å². The van der Waals surface area contributed by atoms with Crippen LogP contribution in [0.2, 0.25) is 0 Å². The zero-order chi connectivity index (χ0) is 12.0. The molecule has 0 saturated carbocycles. The molecule has 86 valence electrons. The molecule has 16 heavy (non-hydrogen) atoms. The Hall–Kier alpha value is -1.51. The molecular weight excluding hydrogens is 202 g/mol. The standard InChI is InChI=1S/C13H17NO2/c1-10(2)13(16)9-12(15)4-3-11-5-7-14-8-6-11/h5-8,10H,3-4,9H2,1-2H3. The van der Waals surface area contributed by atoms with Crippen molar-refractivity contribution in [2.75, 3.05) is 0 Å². The quantitative estimate of drug-likeness (QED) is 0.689. The average Bonchev–Trinajstić information content (AvgIpc) is 2.27. The van der Waals surface area contributed by atoms with Gasteiger partial charge in [-0.05, 0) is 24.1 Å². The fourth-order valence-corrected chi connectivity index (χ4v) is 1.32. The minimum absolute atomic E-state index is 0.0236. The van der Waals surface area contributed by atoms with Crippen LogP contribution in [0.3, 0.4) is 0 Å². The summed E-state index contributed by atoms with van der Waals surface area (Å²) in [5, 5.41) is 0. The highest BCUT2D eigenvalue weighted by atomic mass is 16.1. The molecule has 0 radical (unpaired) electrons. The number of pyridine rings is 1. The molecule has 0 saturated heterocycles. The maximum atomic E-state index is 11.5. The second kappa shape index (κ2) is 6.16. The third-order valence-corrected chi connectivity index (χ3v) is 2.46. The molecule has 0 spiro atoms. The highest BCUT2D eigenvalue weighted by Crippen LogP contribution is 2.05. The number of rotatable bonds is 6. The molecule has 3 heteroatoms. The van der Waals surface area contributed by atoms with E-state index in [4.69, 9.17) is 0 Å². The molecule has 1 aromatic rings. The van der Waals surface area contributed by atoms with Crippen LogP contribution in [0.4, 0.5) is 0 Å². The molecule has 0 fully saturated rings. The predicted molar refractivity (Wildman–Crippen MR) is 62.0 cm³/mol. The molecule has 0 amide bonds. The lowest BCUT2D eigenvalue weighted by Gasteiger charge is -2.03. The fraction of sp³-hybridized carbons (Fsp3) is 0.462. The molecule has 1 rings (SSSR count). The number of Topliss-reactive ketones (excluding diaryl/α,β-unsaturated/α-hetero) is 2. The van der Waals surface area contributed by atoms with Gasteiger partial charge in [0.2, 0.25) is 0 Å². The van der Waals surface area contributed by atoms with Gasteiger partial charge >= 0.3 is 0 Å². The van der Waals surface area contributed by atoms with E-state index in [0.717, 1.165) is 5.56 Å². The number of aromatic nitrogens is 1. The lowest BCUT2D eigenvalue weighted by atomic mass is 10.0. The third-order valence-electron chi connectivity index (χ3n) is 2.46. The summed E-state index contributed by atoms with van der Waals surface area (Å²) in [7, 11) is 0. The molecule has 0 aromatic carbocycles. The summed E-state index contributed by atoms with van der Waals surface area (Å²) >= 11 is 0. The molecule has 1 heterocycles. The maximum absolute atomic E-state index is 11.5. The van der Waals surface area contributed by atoms with Crippen molar-refractivity contribution >= 4 is 11.6 Å². The Kier molecular flexibility index (Phi) is 4.83. The van der Waals surface area contributed by atoms with Crippen LogP contribution in [-0.4, -0.2) is 16.6 Å². The largest absolute Gasteiger partial charge is 0.299 e. The lowest BCUT2D eigenvalue weighted by molar-refractivity contribution is -0.128. The van der Waals surface area contributed by atoms with Gasteiger partial charge in [-0.15, -0.1) is 0 Å². The van der Waals surface area contributed by atoms with E-state index in [2.05, 4.69) is 4.98 Å². The number of carbonyl (C=O) groups excluding carboxylic acids is 2. The second-order valence-corrected chi connectivity index (χ2v) is 4.19. The van der Waals surface area contributed by atoms with Crippen LogP contribution in [0.1, 0.15) is 32.3 Å². The van der Waals surface area contributed by atoms with E-state index < -0.39 is 0 Å². The van der Waals surface area contributed by atoms with Crippen molar-refractivity contribution in [3.63, 3.8) is 0 Å². The molecule has 0 aliphatic rings. The first-order chi connectivity index (χ1) is 7.59. The van der Waals surface area contributed by atoms with Crippen molar-refractivity contribution in [1.82, 2.24) is 4.98 Å². The minimum Gasteiger partial charge on any atom is -0.299 e. The van der Waals surface area contributed by atoms with Crippen LogP contribution < -0.4 is 0 Å². The van der Waals surface area contributed by atoms with Crippen molar-refractivity contribution in [3.8, 4) is 0 Å². The van der Waals surface area contributed by atoms with Gasteiger partial charge < -0.3 is 0 Å². The van der Waals surface area contributed by atoms with E-state index in [0.29, 0.717) is 12.8 Å². The Morgan fingerprint density at radius 1 is 1.25 bits per heavy atom. The van der Waals surface area contributed by atoms with Crippen LogP contribution in [0, 0.1) is 5.92 Å². The number of carbonyl (C=O) groups is 2. The summed E-state index contributed by atoms with van der Waals surface area (Å²) in [6.07, 6.45) is 4.61. The fourth-order valence-electron chi connectivity index (χ4n) is 1.32.